The number of nitrogens with zero attached hydrogens (tertiary/aromatic N) is 2. The van der Waals surface area contributed by atoms with Gasteiger partial charge in [-0.25, -0.2) is 13.1 Å². The summed E-state index contributed by atoms with van der Waals surface area (Å²) < 4.78 is 43.2. The quantitative estimate of drug-likeness (QED) is 0.591. The standard InChI is InChI=1S/C23H31N3O6S/c1-30-19-7-5-18(6-8-19)25-13-4-14-26(16-15-25)23(27)11-12-24-33(28,29)20-9-10-21(31-2)22(17-20)32-3/h5-10,17,24H,4,11-16H2,1-3H3. The summed E-state index contributed by atoms with van der Waals surface area (Å²) in [5.74, 6) is 1.50. The first-order valence-corrected chi connectivity index (χ1v) is 12.2. The molecule has 1 aliphatic rings. The number of carbonyl (C=O) groups is 1. The fraction of sp³-hybridized carbons (Fsp3) is 0.435. The van der Waals surface area contributed by atoms with Crippen molar-refractivity contribution in [1.29, 1.82) is 0 Å². The summed E-state index contributed by atoms with van der Waals surface area (Å²) in [6.07, 6.45) is 0.935. The van der Waals surface area contributed by atoms with E-state index in [0.29, 0.717) is 24.6 Å². The van der Waals surface area contributed by atoms with Gasteiger partial charge in [-0.05, 0) is 42.8 Å². The van der Waals surface area contributed by atoms with E-state index in [1.165, 1.54) is 32.4 Å². The maximum absolute atomic E-state index is 12.7. The van der Waals surface area contributed by atoms with Crippen LogP contribution >= 0.6 is 0 Å². The number of nitrogens with one attached hydrogen (secondary N) is 1. The number of anilines is 1. The number of sulfonamides is 1. The van der Waals surface area contributed by atoms with Gasteiger partial charge in [0.25, 0.3) is 0 Å². The lowest BCUT2D eigenvalue weighted by molar-refractivity contribution is -0.130. The Morgan fingerprint density at radius 1 is 0.909 bits per heavy atom. The molecule has 9 nitrogen and oxygen atoms in total. The Balaban J connectivity index is 1.52. The van der Waals surface area contributed by atoms with E-state index in [-0.39, 0.29) is 23.8 Å². The molecule has 1 heterocycles. The first kappa shape index (κ1) is 24.7. The van der Waals surface area contributed by atoms with Crippen molar-refractivity contribution in [3.05, 3.63) is 42.5 Å². The Morgan fingerprint density at radius 2 is 1.64 bits per heavy atom. The zero-order valence-electron chi connectivity index (χ0n) is 19.2. The van der Waals surface area contributed by atoms with Crippen LogP contribution in [0.5, 0.6) is 17.2 Å². The van der Waals surface area contributed by atoms with Gasteiger partial charge in [0.1, 0.15) is 5.75 Å². The molecule has 0 unspecified atom stereocenters. The van der Waals surface area contributed by atoms with E-state index in [1.54, 1.807) is 12.0 Å². The summed E-state index contributed by atoms with van der Waals surface area (Å²) in [5.41, 5.74) is 1.09. The Morgan fingerprint density at radius 3 is 2.30 bits per heavy atom. The second-order valence-electron chi connectivity index (χ2n) is 7.58. The van der Waals surface area contributed by atoms with Gasteiger partial charge in [0.05, 0.1) is 26.2 Å². The minimum atomic E-state index is -3.78. The third-order valence-electron chi connectivity index (χ3n) is 5.58. The first-order valence-electron chi connectivity index (χ1n) is 10.8. The third-order valence-corrected chi connectivity index (χ3v) is 7.04. The number of methoxy groups -OCH3 is 3. The van der Waals surface area contributed by atoms with Crippen LogP contribution in [0.1, 0.15) is 12.8 Å². The Labute approximate surface area is 195 Å². The van der Waals surface area contributed by atoms with Crippen LogP contribution < -0.4 is 23.8 Å². The van der Waals surface area contributed by atoms with Crippen molar-refractivity contribution in [3.8, 4) is 17.2 Å². The van der Waals surface area contributed by atoms with Crippen molar-refractivity contribution >= 4 is 21.6 Å². The zero-order chi connectivity index (χ0) is 23.8. The molecule has 33 heavy (non-hydrogen) atoms. The van der Waals surface area contributed by atoms with Crippen molar-refractivity contribution in [3.63, 3.8) is 0 Å². The molecule has 2 aromatic rings. The largest absolute Gasteiger partial charge is 0.497 e. The molecule has 0 bridgehead atoms. The summed E-state index contributed by atoms with van der Waals surface area (Å²) in [5, 5.41) is 0. The fourth-order valence-electron chi connectivity index (χ4n) is 3.74. The molecule has 1 N–H and O–H groups in total. The van der Waals surface area contributed by atoms with E-state index >= 15 is 0 Å². The Kier molecular flexibility index (Phi) is 8.40. The molecular formula is C23H31N3O6S. The Bertz CT molecular complexity index is 1040. The highest BCUT2D eigenvalue weighted by Gasteiger charge is 2.21. The number of rotatable bonds is 9. The normalized spacial score (nSPS) is 14.5. The third kappa shape index (κ3) is 6.29. The molecule has 0 aliphatic carbocycles. The van der Waals surface area contributed by atoms with E-state index in [1.807, 2.05) is 24.3 Å². The lowest BCUT2D eigenvalue weighted by atomic mass is 10.2. The van der Waals surface area contributed by atoms with Crippen molar-refractivity contribution < 1.29 is 27.4 Å². The molecule has 1 fully saturated rings. The highest BCUT2D eigenvalue weighted by molar-refractivity contribution is 7.89. The van der Waals surface area contributed by atoms with Crippen LogP contribution in [0.3, 0.4) is 0 Å². The molecule has 0 saturated carbocycles. The highest BCUT2D eigenvalue weighted by Crippen LogP contribution is 2.29. The molecule has 1 aliphatic heterocycles. The smallest absolute Gasteiger partial charge is 0.240 e. The topological polar surface area (TPSA) is 97.4 Å². The lowest BCUT2D eigenvalue weighted by Gasteiger charge is -2.24. The second kappa shape index (κ2) is 11.2. The van der Waals surface area contributed by atoms with Gasteiger partial charge < -0.3 is 24.0 Å². The van der Waals surface area contributed by atoms with Crippen LogP contribution in [0.4, 0.5) is 5.69 Å². The molecule has 1 amide bonds. The Hall–Kier alpha value is -2.98. The molecule has 0 aromatic heterocycles. The van der Waals surface area contributed by atoms with Crippen molar-refractivity contribution in [2.75, 3.05) is 59.0 Å². The van der Waals surface area contributed by atoms with Gasteiger partial charge in [-0.2, -0.15) is 0 Å². The summed E-state index contributed by atoms with van der Waals surface area (Å²) in [4.78, 5) is 16.8. The van der Waals surface area contributed by atoms with Crippen LogP contribution in [-0.2, 0) is 14.8 Å². The summed E-state index contributed by atoms with van der Waals surface area (Å²) in [7, 11) is 0.783. The predicted octanol–water partition coefficient (Wildman–Crippen LogP) is 2.12. The lowest BCUT2D eigenvalue weighted by Crippen LogP contribution is -2.37. The van der Waals surface area contributed by atoms with Gasteiger partial charge in [0, 0.05) is 50.9 Å². The maximum Gasteiger partial charge on any atom is 0.240 e. The maximum atomic E-state index is 12.7. The molecule has 2 aromatic carbocycles. The molecule has 0 spiro atoms. The van der Waals surface area contributed by atoms with Gasteiger partial charge >= 0.3 is 0 Å². The number of hydrogen-bond donors (Lipinski definition) is 1. The van der Waals surface area contributed by atoms with Crippen LogP contribution in [0.2, 0.25) is 0 Å². The number of carbonyl (C=O) groups excluding carboxylic acids is 1. The fourth-order valence-corrected chi connectivity index (χ4v) is 4.78. The number of benzene rings is 2. The van der Waals surface area contributed by atoms with E-state index in [2.05, 4.69) is 9.62 Å². The van der Waals surface area contributed by atoms with Gasteiger partial charge in [0.2, 0.25) is 15.9 Å². The zero-order valence-corrected chi connectivity index (χ0v) is 20.1. The van der Waals surface area contributed by atoms with Crippen LogP contribution in [-0.4, -0.2) is 73.3 Å². The summed E-state index contributed by atoms with van der Waals surface area (Å²) >= 11 is 0. The number of amides is 1. The van der Waals surface area contributed by atoms with Gasteiger partial charge in [0.15, 0.2) is 11.5 Å². The number of ether oxygens (including phenoxy) is 3. The molecule has 0 radical (unpaired) electrons. The molecule has 1 saturated heterocycles. The van der Waals surface area contributed by atoms with E-state index in [0.717, 1.165) is 30.9 Å². The molecule has 0 atom stereocenters. The monoisotopic (exact) mass is 477 g/mol. The van der Waals surface area contributed by atoms with Crippen molar-refractivity contribution in [2.24, 2.45) is 0 Å². The van der Waals surface area contributed by atoms with E-state index in [4.69, 9.17) is 14.2 Å². The SMILES string of the molecule is COc1ccc(N2CCCN(C(=O)CCNS(=O)(=O)c3ccc(OC)c(OC)c3)CC2)cc1. The minimum Gasteiger partial charge on any atom is -0.497 e. The molecule has 3 rings (SSSR count). The average molecular weight is 478 g/mol. The van der Waals surface area contributed by atoms with Crippen molar-refractivity contribution in [2.45, 2.75) is 17.7 Å². The van der Waals surface area contributed by atoms with Gasteiger partial charge in [-0.15, -0.1) is 0 Å². The van der Waals surface area contributed by atoms with Crippen molar-refractivity contribution in [1.82, 2.24) is 9.62 Å². The molecule has 10 heteroatoms. The van der Waals surface area contributed by atoms with Gasteiger partial charge in [-0.1, -0.05) is 0 Å². The summed E-state index contributed by atoms with van der Waals surface area (Å²) in [6, 6.07) is 12.2. The van der Waals surface area contributed by atoms with E-state index in [9.17, 15) is 13.2 Å². The van der Waals surface area contributed by atoms with Crippen LogP contribution in [0.15, 0.2) is 47.4 Å². The van der Waals surface area contributed by atoms with Gasteiger partial charge in [-0.3, -0.25) is 4.79 Å². The number of hydrogen-bond acceptors (Lipinski definition) is 7. The first-order chi connectivity index (χ1) is 15.9. The second-order valence-corrected chi connectivity index (χ2v) is 9.35. The molecular weight excluding hydrogens is 446 g/mol. The van der Waals surface area contributed by atoms with Crippen LogP contribution in [0.25, 0.3) is 0 Å². The van der Waals surface area contributed by atoms with E-state index < -0.39 is 10.0 Å². The van der Waals surface area contributed by atoms with Crippen LogP contribution in [0, 0.1) is 0 Å². The summed E-state index contributed by atoms with van der Waals surface area (Å²) in [6.45, 7) is 2.83. The average Bonchev–Trinajstić information content (AvgIpc) is 3.10. The highest BCUT2D eigenvalue weighted by atomic mass is 32.2. The minimum absolute atomic E-state index is 0.0220. The molecule has 180 valence electrons. The predicted molar refractivity (Wildman–Crippen MR) is 126 cm³/mol.